The van der Waals surface area contributed by atoms with E-state index in [1.165, 1.54) is 12.8 Å². The van der Waals surface area contributed by atoms with Gasteiger partial charge in [-0.25, -0.2) is 9.97 Å². The molecule has 3 atom stereocenters. The van der Waals surface area contributed by atoms with Crippen LogP contribution in [0.3, 0.4) is 0 Å². The van der Waals surface area contributed by atoms with Gasteiger partial charge in [0.05, 0.1) is 30.1 Å². The zero-order chi connectivity index (χ0) is 17.4. The number of aromatic amines is 1. The molecule has 1 saturated carbocycles. The van der Waals surface area contributed by atoms with Crippen LogP contribution in [0.1, 0.15) is 50.6 Å². The minimum Gasteiger partial charge on any atom is -0.481 e. The Morgan fingerprint density at radius 3 is 2.96 bits per heavy atom. The van der Waals surface area contributed by atoms with E-state index in [-0.39, 0.29) is 24.4 Å². The first-order chi connectivity index (χ1) is 12.1. The smallest absolute Gasteiger partial charge is 0.305 e. The average molecular weight is 341 g/mol. The van der Waals surface area contributed by atoms with Crippen LogP contribution in [0.4, 0.5) is 0 Å². The Morgan fingerprint density at radius 1 is 1.40 bits per heavy atom. The summed E-state index contributed by atoms with van der Waals surface area (Å²) < 4.78 is 0. The van der Waals surface area contributed by atoms with Gasteiger partial charge in [-0.2, -0.15) is 5.10 Å². The van der Waals surface area contributed by atoms with E-state index in [0.717, 1.165) is 29.6 Å². The molecule has 7 nitrogen and oxygen atoms in total. The second-order valence-electron chi connectivity index (χ2n) is 7.12. The Balaban J connectivity index is 1.61. The molecule has 2 N–H and O–H groups in total. The van der Waals surface area contributed by atoms with Gasteiger partial charge in [0.2, 0.25) is 0 Å². The highest BCUT2D eigenvalue weighted by Gasteiger charge is 2.39. The Morgan fingerprint density at radius 2 is 2.20 bits per heavy atom. The van der Waals surface area contributed by atoms with E-state index < -0.39 is 5.97 Å². The highest BCUT2D eigenvalue weighted by molar-refractivity contribution is 5.84. The number of rotatable bonds is 5. The third-order valence-electron chi connectivity index (χ3n) is 5.67. The number of fused-ring (bicyclic) bond motifs is 1. The molecule has 2 unspecified atom stereocenters. The number of hydrogen-bond donors (Lipinski definition) is 2. The van der Waals surface area contributed by atoms with Crippen LogP contribution in [-0.4, -0.2) is 49.3 Å². The zero-order valence-corrected chi connectivity index (χ0v) is 14.3. The predicted octanol–water partition coefficient (Wildman–Crippen LogP) is 2.76. The van der Waals surface area contributed by atoms with Crippen LogP contribution >= 0.6 is 0 Å². The maximum Gasteiger partial charge on any atom is 0.305 e. The van der Waals surface area contributed by atoms with Crippen molar-refractivity contribution < 1.29 is 9.90 Å². The SMILES string of the molecule is CC1C(c2ncnc3[nH]ccc23)C=NN1[C@H](CC(=O)O)C1CCCC1. The van der Waals surface area contributed by atoms with Crippen molar-refractivity contribution in [2.24, 2.45) is 11.0 Å². The van der Waals surface area contributed by atoms with Gasteiger partial charge in [0, 0.05) is 17.8 Å². The molecule has 3 heterocycles. The summed E-state index contributed by atoms with van der Waals surface area (Å²) in [5, 5.41) is 17.0. The minimum absolute atomic E-state index is 0.0407. The highest BCUT2D eigenvalue weighted by Crippen LogP contribution is 2.37. The van der Waals surface area contributed by atoms with Gasteiger partial charge < -0.3 is 10.1 Å². The van der Waals surface area contributed by atoms with Crippen LogP contribution in [0.25, 0.3) is 11.0 Å². The normalized spacial score (nSPS) is 25.1. The van der Waals surface area contributed by atoms with E-state index in [2.05, 4.69) is 27.0 Å². The molecule has 0 aromatic carbocycles. The molecule has 25 heavy (non-hydrogen) atoms. The maximum atomic E-state index is 11.4. The van der Waals surface area contributed by atoms with Crippen molar-refractivity contribution in [3.05, 3.63) is 24.3 Å². The summed E-state index contributed by atoms with van der Waals surface area (Å²) in [6.07, 6.45) is 10.1. The fourth-order valence-corrected chi connectivity index (χ4v) is 4.39. The molecule has 132 valence electrons. The van der Waals surface area contributed by atoms with Gasteiger partial charge in [0.25, 0.3) is 0 Å². The highest BCUT2D eigenvalue weighted by atomic mass is 16.4. The lowest BCUT2D eigenvalue weighted by Crippen LogP contribution is -2.42. The van der Waals surface area contributed by atoms with Crippen LogP contribution in [0, 0.1) is 5.92 Å². The van der Waals surface area contributed by atoms with Gasteiger partial charge in [0.1, 0.15) is 12.0 Å². The number of aromatic nitrogens is 3. The Labute approximate surface area is 146 Å². The van der Waals surface area contributed by atoms with Crippen molar-refractivity contribution >= 4 is 23.2 Å². The van der Waals surface area contributed by atoms with E-state index in [0.29, 0.717) is 5.92 Å². The van der Waals surface area contributed by atoms with E-state index in [1.54, 1.807) is 6.33 Å². The lowest BCUT2D eigenvalue weighted by atomic mass is 9.91. The number of carboxylic acid groups (broad SMARTS) is 1. The molecule has 0 amide bonds. The molecule has 7 heteroatoms. The van der Waals surface area contributed by atoms with Crippen molar-refractivity contribution in [3.8, 4) is 0 Å². The molecule has 2 aromatic rings. The number of hydrogen-bond acceptors (Lipinski definition) is 5. The maximum absolute atomic E-state index is 11.4. The van der Waals surface area contributed by atoms with E-state index >= 15 is 0 Å². The molecular formula is C18H23N5O2. The number of carboxylic acids is 1. The van der Waals surface area contributed by atoms with Gasteiger partial charge in [-0.15, -0.1) is 0 Å². The predicted molar refractivity (Wildman–Crippen MR) is 94.4 cm³/mol. The number of nitrogens with one attached hydrogen (secondary N) is 1. The summed E-state index contributed by atoms with van der Waals surface area (Å²) in [6, 6.07) is 2.03. The molecule has 0 bridgehead atoms. The minimum atomic E-state index is -0.752. The van der Waals surface area contributed by atoms with Gasteiger partial charge >= 0.3 is 5.97 Å². The summed E-state index contributed by atoms with van der Waals surface area (Å²) in [5.41, 5.74) is 1.77. The topological polar surface area (TPSA) is 94.5 Å². The number of aliphatic carboxylic acids is 1. The molecule has 2 aromatic heterocycles. The quantitative estimate of drug-likeness (QED) is 0.872. The zero-order valence-electron chi connectivity index (χ0n) is 14.3. The lowest BCUT2D eigenvalue weighted by Gasteiger charge is -2.35. The first-order valence-electron chi connectivity index (χ1n) is 8.97. The van der Waals surface area contributed by atoms with Crippen molar-refractivity contribution in [1.29, 1.82) is 0 Å². The summed E-state index contributed by atoms with van der Waals surface area (Å²) in [5.74, 6) is -0.302. The molecule has 0 radical (unpaired) electrons. The van der Waals surface area contributed by atoms with Gasteiger partial charge in [-0.05, 0) is 31.7 Å². The Hall–Kier alpha value is -2.44. The van der Waals surface area contributed by atoms with E-state index in [4.69, 9.17) is 0 Å². The van der Waals surface area contributed by atoms with Crippen LogP contribution in [-0.2, 0) is 4.79 Å². The molecule has 4 rings (SSSR count). The van der Waals surface area contributed by atoms with E-state index in [1.807, 2.05) is 23.5 Å². The molecule has 0 spiro atoms. The number of nitrogens with zero attached hydrogens (tertiary/aromatic N) is 4. The first kappa shape index (κ1) is 16.1. The average Bonchev–Trinajstić information content (AvgIpc) is 3.33. The lowest BCUT2D eigenvalue weighted by molar-refractivity contribution is -0.139. The second kappa shape index (κ2) is 6.46. The van der Waals surface area contributed by atoms with Crippen molar-refractivity contribution in [2.75, 3.05) is 0 Å². The number of hydrazone groups is 1. The largest absolute Gasteiger partial charge is 0.481 e. The standard InChI is InChI=1S/C18H23N5O2/c1-11-14(17-13-6-7-19-18(13)21-10-20-17)9-22-23(11)15(8-16(24)25)12-4-2-3-5-12/h6-7,9-12,14-15H,2-5,8H2,1H3,(H,24,25)(H,19,20,21)/t11?,14?,15-/m1/s1. The molecule has 1 aliphatic heterocycles. The van der Waals surface area contributed by atoms with E-state index in [9.17, 15) is 9.90 Å². The van der Waals surface area contributed by atoms with Crippen LogP contribution in [0.5, 0.6) is 0 Å². The summed E-state index contributed by atoms with van der Waals surface area (Å²) in [6.45, 7) is 2.11. The third-order valence-corrected chi connectivity index (χ3v) is 5.67. The first-order valence-corrected chi connectivity index (χ1v) is 8.97. The van der Waals surface area contributed by atoms with Gasteiger partial charge in [-0.1, -0.05) is 12.8 Å². The molecular weight excluding hydrogens is 318 g/mol. The number of H-pyrrole nitrogens is 1. The Kier molecular flexibility index (Phi) is 4.15. The fourth-order valence-electron chi connectivity index (χ4n) is 4.39. The molecule has 1 fully saturated rings. The van der Waals surface area contributed by atoms with Crippen molar-refractivity contribution in [1.82, 2.24) is 20.0 Å². The summed E-state index contributed by atoms with van der Waals surface area (Å²) >= 11 is 0. The van der Waals surface area contributed by atoms with Crippen molar-refractivity contribution in [3.63, 3.8) is 0 Å². The molecule has 1 aliphatic carbocycles. The monoisotopic (exact) mass is 341 g/mol. The second-order valence-corrected chi connectivity index (χ2v) is 7.12. The van der Waals surface area contributed by atoms with Crippen molar-refractivity contribution in [2.45, 2.75) is 57.0 Å². The third kappa shape index (κ3) is 2.88. The fraction of sp³-hybridized carbons (Fsp3) is 0.556. The number of carbonyl (C=O) groups is 1. The van der Waals surface area contributed by atoms with Crippen LogP contribution < -0.4 is 0 Å². The molecule has 0 saturated heterocycles. The van der Waals surface area contributed by atoms with Crippen LogP contribution in [0.2, 0.25) is 0 Å². The summed E-state index contributed by atoms with van der Waals surface area (Å²) in [7, 11) is 0. The Bertz CT molecular complexity index is 796. The van der Waals surface area contributed by atoms with Gasteiger partial charge in [-0.3, -0.25) is 9.80 Å². The van der Waals surface area contributed by atoms with Gasteiger partial charge in [0.15, 0.2) is 0 Å². The van der Waals surface area contributed by atoms with Crippen LogP contribution in [0.15, 0.2) is 23.7 Å². The summed E-state index contributed by atoms with van der Waals surface area (Å²) in [4.78, 5) is 23.3. The molecule has 2 aliphatic rings.